The molecule has 0 unspecified atom stereocenters. The Bertz CT molecular complexity index is 1150. The summed E-state index contributed by atoms with van der Waals surface area (Å²) in [7, 11) is 0. The Hall–Kier alpha value is -2.66. The topological polar surface area (TPSA) is 47.8 Å². The van der Waals surface area contributed by atoms with Crippen molar-refractivity contribution in [1.82, 2.24) is 14.5 Å². The quantitative estimate of drug-likeness (QED) is 0.386. The summed E-state index contributed by atoms with van der Waals surface area (Å²) in [6, 6.07) is 17.8. The van der Waals surface area contributed by atoms with Crippen LogP contribution in [0.4, 0.5) is 0 Å². The van der Waals surface area contributed by atoms with Gasteiger partial charge in [0, 0.05) is 23.4 Å². The lowest BCUT2D eigenvalue weighted by Gasteiger charge is -2.16. The predicted octanol–water partition coefficient (Wildman–Crippen LogP) is 4.82. The van der Waals surface area contributed by atoms with Gasteiger partial charge in [-0.05, 0) is 37.6 Å². The van der Waals surface area contributed by atoms with Crippen molar-refractivity contribution in [3.63, 3.8) is 0 Å². The fourth-order valence-corrected chi connectivity index (χ4v) is 4.22. The molecule has 0 fully saturated rings. The molecule has 2 aromatic heterocycles. The highest BCUT2D eigenvalue weighted by atomic mass is 32.2. The number of benzene rings is 2. The standard InChI is InChI=1S/C21H19N3OS/c1-14(2)24-20(25)17-10-3-4-11-18(17)23-21(24)26-13-16-8-5-7-15-9-6-12-22-19(15)16/h3-12,14H,13H2,1-2H3. The summed E-state index contributed by atoms with van der Waals surface area (Å²) in [5.74, 6) is 0.714. The molecule has 0 saturated heterocycles. The number of fused-ring (bicyclic) bond motifs is 2. The van der Waals surface area contributed by atoms with Crippen molar-refractivity contribution in [1.29, 1.82) is 0 Å². The minimum Gasteiger partial charge on any atom is -0.285 e. The van der Waals surface area contributed by atoms with Gasteiger partial charge in [0.1, 0.15) is 0 Å². The minimum absolute atomic E-state index is 0.0177. The number of rotatable bonds is 4. The Kier molecular flexibility index (Phi) is 4.47. The molecule has 5 heteroatoms. The summed E-state index contributed by atoms with van der Waals surface area (Å²) in [4.78, 5) is 22.2. The molecule has 2 heterocycles. The van der Waals surface area contributed by atoms with E-state index in [-0.39, 0.29) is 11.6 Å². The second-order valence-electron chi connectivity index (χ2n) is 6.46. The molecular weight excluding hydrogens is 342 g/mol. The third kappa shape index (κ3) is 2.99. The van der Waals surface area contributed by atoms with Gasteiger partial charge in [0.05, 0.1) is 16.4 Å². The van der Waals surface area contributed by atoms with Gasteiger partial charge in [-0.25, -0.2) is 4.98 Å². The van der Waals surface area contributed by atoms with E-state index in [0.717, 1.165) is 27.1 Å². The molecule has 2 aromatic carbocycles. The molecule has 0 aliphatic heterocycles. The molecular formula is C21H19N3OS. The van der Waals surface area contributed by atoms with E-state index in [1.165, 1.54) is 0 Å². The van der Waals surface area contributed by atoms with Gasteiger partial charge in [0.2, 0.25) is 0 Å². The smallest absolute Gasteiger partial charge is 0.262 e. The predicted molar refractivity (Wildman–Crippen MR) is 108 cm³/mol. The van der Waals surface area contributed by atoms with Crippen LogP contribution in [0.1, 0.15) is 25.5 Å². The highest BCUT2D eigenvalue weighted by Gasteiger charge is 2.14. The van der Waals surface area contributed by atoms with Crippen molar-refractivity contribution in [2.75, 3.05) is 0 Å². The molecule has 4 rings (SSSR count). The normalized spacial score (nSPS) is 11.5. The Morgan fingerprint density at radius 1 is 1.04 bits per heavy atom. The van der Waals surface area contributed by atoms with Crippen molar-refractivity contribution in [3.05, 3.63) is 76.7 Å². The van der Waals surface area contributed by atoms with Crippen LogP contribution in [0, 0.1) is 0 Å². The van der Waals surface area contributed by atoms with Gasteiger partial charge in [-0.15, -0.1) is 0 Å². The second kappa shape index (κ2) is 6.92. The van der Waals surface area contributed by atoms with Crippen molar-refractivity contribution in [2.45, 2.75) is 30.8 Å². The summed E-state index contributed by atoms with van der Waals surface area (Å²) in [5, 5.41) is 2.53. The van der Waals surface area contributed by atoms with Crippen molar-refractivity contribution in [2.24, 2.45) is 0 Å². The van der Waals surface area contributed by atoms with E-state index < -0.39 is 0 Å². The first-order chi connectivity index (χ1) is 12.6. The minimum atomic E-state index is 0.0177. The molecule has 0 radical (unpaired) electrons. The molecule has 0 N–H and O–H groups in total. The second-order valence-corrected chi connectivity index (χ2v) is 7.40. The van der Waals surface area contributed by atoms with Gasteiger partial charge in [0.15, 0.2) is 5.16 Å². The molecule has 130 valence electrons. The Labute approximate surface area is 155 Å². The molecule has 0 aliphatic rings. The van der Waals surface area contributed by atoms with E-state index in [1.807, 2.05) is 56.4 Å². The number of hydrogen-bond donors (Lipinski definition) is 0. The highest BCUT2D eigenvalue weighted by Crippen LogP contribution is 2.27. The van der Waals surface area contributed by atoms with E-state index >= 15 is 0 Å². The molecule has 4 nitrogen and oxygen atoms in total. The van der Waals surface area contributed by atoms with E-state index in [9.17, 15) is 4.79 Å². The van der Waals surface area contributed by atoms with Crippen LogP contribution in [-0.2, 0) is 5.75 Å². The third-order valence-electron chi connectivity index (χ3n) is 4.36. The fourth-order valence-electron chi connectivity index (χ4n) is 3.11. The molecule has 4 aromatic rings. The van der Waals surface area contributed by atoms with Gasteiger partial charge in [0.25, 0.3) is 5.56 Å². The van der Waals surface area contributed by atoms with E-state index in [1.54, 1.807) is 16.3 Å². The Morgan fingerprint density at radius 3 is 2.69 bits per heavy atom. The van der Waals surface area contributed by atoms with Crippen LogP contribution in [-0.4, -0.2) is 14.5 Å². The summed E-state index contributed by atoms with van der Waals surface area (Å²) < 4.78 is 1.78. The number of aromatic nitrogens is 3. The average Bonchev–Trinajstić information content (AvgIpc) is 2.66. The maximum atomic E-state index is 12.9. The Morgan fingerprint density at radius 2 is 1.85 bits per heavy atom. The Balaban J connectivity index is 1.77. The fraction of sp³-hybridized carbons (Fsp3) is 0.190. The largest absolute Gasteiger partial charge is 0.285 e. The maximum absolute atomic E-state index is 12.9. The first-order valence-electron chi connectivity index (χ1n) is 8.62. The molecule has 0 bridgehead atoms. The van der Waals surface area contributed by atoms with E-state index in [0.29, 0.717) is 11.1 Å². The first kappa shape index (κ1) is 16.8. The van der Waals surface area contributed by atoms with Crippen LogP contribution in [0.15, 0.2) is 70.7 Å². The molecule has 0 saturated carbocycles. The zero-order valence-electron chi connectivity index (χ0n) is 14.7. The van der Waals surface area contributed by atoms with Crippen LogP contribution < -0.4 is 5.56 Å². The van der Waals surface area contributed by atoms with Gasteiger partial charge in [-0.3, -0.25) is 14.3 Å². The highest BCUT2D eigenvalue weighted by molar-refractivity contribution is 7.98. The number of para-hydroxylation sites is 2. The SMILES string of the molecule is CC(C)n1c(SCc2cccc3cccnc23)nc2ccccc2c1=O. The molecule has 0 amide bonds. The first-order valence-corrected chi connectivity index (χ1v) is 9.60. The van der Waals surface area contributed by atoms with Gasteiger partial charge in [-0.1, -0.05) is 48.2 Å². The summed E-state index contributed by atoms with van der Waals surface area (Å²) in [6.07, 6.45) is 1.81. The molecule has 0 spiro atoms. The number of pyridine rings is 1. The average molecular weight is 361 g/mol. The molecule has 0 atom stereocenters. The number of hydrogen-bond acceptors (Lipinski definition) is 4. The summed E-state index contributed by atoms with van der Waals surface area (Å²) >= 11 is 1.58. The van der Waals surface area contributed by atoms with Crippen molar-refractivity contribution in [3.8, 4) is 0 Å². The van der Waals surface area contributed by atoms with Gasteiger partial charge in [-0.2, -0.15) is 0 Å². The van der Waals surface area contributed by atoms with Crippen molar-refractivity contribution < 1.29 is 0 Å². The lowest BCUT2D eigenvalue weighted by atomic mass is 10.1. The van der Waals surface area contributed by atoms with Crippen LogP contribution in [0.25, 0.3) is 21.8 Å². The van der Waals surface area contributed by atoms with Gasteiger partial charge >= 0.3 is 0 Å². The summed E-state index contributed by atoms with van der Waals surface area (Å²) in [6.45, 7) is 4.03. The zero-order chi connectivity index (χ0) is 18.1. The lowest BCUT2D eigenvalue weighted by molar-refractivity contribution is 0.519. The zero-order valence-corrected chi connectivity index (χ0v) is 15.5. The summed E-state index contributed by atoms with van der Waals surface area (Å²) in [5.41, 5.74) is 2.91. The van der Waals surface area contributed by atoms with Crippen LogP contribution in [0.3, 0.4) is 0 Å². The monoisotopic (exact) mass is 361 g/mol. The van der Waals surface area contributed by atoms with Crippen molar-refractivity contribution >= 4 is 33.6 Å². The van der Waals surface area contributed by atoms with E-state index in [2.05, 4.69) is 23.2 Å². The van der Waals surface area contributed by atoms with Crippen LogP contribution in [0.5, 0.6) is 0 Å². The maximum Gasteiger partial charge on any atom is 0.262 e. The van der Waals surface area contributed by atoms with E-state index in [4.69, 9.17) is 4.98 Å². The molecule has 0 aliphatic carbocycles. The third-order valence-corrected chi connectivity index (χ3v) is 5.37. The van der Waals surface area contributed by atoms with Crippen LogP contribution >= 0.6 is 11.8 Å². The number of thioether (sulfide) groups is 1. The molecule has 26 heavy (non-hydrogen) atoms. The van der Waals surface area contributed by atoms with Gasteiger partial charge < -0.3 is 0 Å². The lowest BCUT2D eigenvalue weighted by Crippen LogP contribution is -2.25. The van der Waals surface area contributed by atoms with Crippen LogP contribution in [0.2, 0.25) is 0 Å². The number of nitrogens with zero attached hydrogens (tertiary/aromatic N) is 3.